The maximum Gasteiger partial charge on any atom is 0.246 e. The van der Waals surface area contributed by atoms with E-state index in [-0.39, 0.29) is 24.2 Å². The molecule has 0 bridgehead atoms. The number of aromatic nitrogens is 1. The number of halogens is 1. The molecule has 1 atom stereocenters. The summed E-state index contributed by atoms with van der Waals surface area (Å²) in [7, 11) is 1.65. The topological polar surface area (TPSA) is 101 Å². The van der Waals surface area contributed by atoms with Crippen molar-refractivity contribution in [2.75, 3.05) is 12.4 Å². The summed E-state index contributed by atoms with van der Waals surface area (Å²) in [6, 6.07) is 6.02. The van der Waals surface area contributed by atoms with Gasteiger partial charge in [0.1, 0.15) is 23.0 Å². The molecule has 8 heteroatoms. The van der Waals surface area contributed by atoms with E-state index in [4.69, 9.17) is 10.2 Å². The first-order chi connectivity index (χ1) is 14.8. The van der Waals surface area contributed by atoms with Crippen LogP contribution in [0.25, 0.3) is 17.0 Å². The first kappa shape index (κ1) is 20.7. The summed E-state index contributed by atoms with van der Waals surface area (Å²) in [5.74, 6) is 0.235. The van der Waals surface area contributed by atoms with E-state index in [0.717, 1.165) is 11.1 Å². The molecule has 160 valence electrons. The SMILES string of the molecule is Cc1c(CN(C)C(=O)/C=C/c2cnc3c(c2)CC[C@H](N)C(=O)N3)oc2cccc(F)c12. The van der Waals surface area contributed by atoms with Gasteiger partial charge in [-0.25, -0.2) is 9.37 Å². The van der Waals surface area contributed by atoms with Crippen LogP contribution in [0.3, 0.4) is 0 Å². The number of hydrogen-bond donors (Lipinski definition) is 2. The lowest BCUT2D eigenvalue weighted by molar-refractivity contribution is -0.125. The van der Waals surface area contributed by atoms with Crippen molar-refractivity contribution < 1.29 is 18.4 Å². The summed E-state index contributed by atoms with van der Waals surface area (Å²) < 4.78 is 19.8. The third-order valence-corrected chi connectivity index (χ3v) is 5.47. The summed E-state index contributed by atoms with van der Waals surface area (Å²) in [6.07, 6.45) is 5.87. The van der Waals surface area contributed by atoms with Crippen LogP contribution in [0.15, 0.2) is 41.0 Å². The molecule has 0 saturated carbocycles. The molecule has 1 aliphatic rings. The number of pyridine rings is 1. The number of nitrogens with zero attached hydrogens (tertiary/aromatic N) is 2. The fourth-order valence-corrected chi connectivity index (χ4v) is 3.62. The first-order valence-corrected chi connectivity index (χ1v) is 9.98. The molecule has 0 unspecified atom stereocenters. The molecule has 1 aliphatic heterocycles. The van der Waals surface area contributed by atoms with Crippen LogP contribution in [0.2, 0.25) is 0 Å². The van der Waals surface area contributed by atoms with Gasteiger partial charge in [0.15, 0.2) is 0 Å². The minimum absolute atomic E-state index is 0.218. The van der Waals surface area contributed by atoms with Gasteiger partial charge in [-0.1, -0.05) is 6.07 Å². The second kappa shape index (κ2) is 8.31. The molecule has 3 heterocycles. The number of amides is 2. The predicted molar refractivity (Wildman–Crippen MR) is 116 cm³/mol. The van der Waals surface area contributed by atoms with Crippen LogP contribution in [-0.2, 0) is 22.6 Å². The first-order valence-electron chi connectivity index (χ1n) is 9.98. The Labute approximate surface area is 178 Å². The van der Waals surface area contributed by atoms with Gasteiger partial charge >= 0.3 is 0 Å². The van der Waals surface area contributed by atoms with Gasteiger partial charge in [-0.15, -0.1) is 0 Å². The number of carbonyl (C=O) groups is 2. The Morgan fingerprint density at radius 1 is 1.45 bits per heavy atom. The predicted octanol–water partition coefficient (Wildman–Crippen LogP) is 3.16. The number of fused-ring (bicyclic) bond motifs is 2. The number of carbonyl (C=O) groups excluding carboxylic acids is 2. The fourth-order valence-electron chi connectivity index (χ4n) is 3.62. The monoisotopic (exact) mass is 422 g/mol. The van der Waals surface area contributed by atoms with Crippen LogP contribution < -0.4 is 11.1 Å². The van der Waals surface area contributed by atoms with Gasteiger partial charge in [-0.05, 0) is 55.2 Å². The molecule has 0 aliphatic carbocycles. The second-order valence-corrected chi connectivity index (χ2v) is 7.70. The number of likely N-dealkylation sites (N-methyl/N-ethyl adjacent to an activating group) is 1. The standard InChI is InChI=1S/C23H23FN4O3/c1-13-19(31-18-5-3-4-16(24)21(13)18)12-28(2)20(29)9-6-14-10-15-7-8-17(25)23(30)27-22(15)26-11-14/h3-6,9-11,17H,7-8,12,25H2,1-2H3,(H,26,27,30)/b9-6+/t17-/m0/s1. The van der Waals surface area contributed by atoms with E-state index in [1.807, 2.05) is 6.07 Å². The molecular formula is C23H23FN4O3. The molecule has 4 rings (SSSR count). The largest absolute Gasteiger partial charge is 0.459 e. The van der Waals surface area contributed by atoms with Gasteiger partial charge in [0.2, 0.25) is 11.8 Å². The fraction of sp³-hybridized carbons (Fsp3) is 0.261. The molecule has 3 aromatic rings. The van der Waals surface area contributed by atoms with E-state index in [1.165, 1.54) is 17.0 Å². The summed E-state index contributed by atoms with van der Waals surface area (Å²) in [5.41, 5.74) is 8.57. The van der Waals surface area contributed by atoms with E-state index in [1.54, 1.807) is 38.4 Å². The molecule has 1 aromatic carbocycles. The van der Waals surface area contributed by atoms with Gasteiger partial charge < -0.3 is 20.4 Å². The lowest BCUT2D eigenvalue weighted by Crippen LogP contribution is -2.34. The maximum absolute atomic E-state index is 14.1. The molecule has 0 radical (unpaired) electrons. The highest BCUT2D eigenvalue weighted by Gasteiger charge is 2.21. The van der Waals surface area contributed by atoms with Crippen LogP contribution in [0.5, 0.6) is 0 Å². The number of furan rings is 1. The zero-order chi connectivity index (χ0) is 22.1. The lowest BCUT2D eigenvalue weighted by Gasteiger charge is -2.14. The molecular weight excluding hydrogens is 399 g/mol. The third-order valence-electron chi connectivity index (χ3n) is 5.47. The highest BCUT2D eigenvalue weighted by molar-refractivity contribution is 5.95. The Morgan fingerprint density at radius 3 is 3.03 bits per heavy atom. The third kappa shape index (κ3) is 4.20. The number of nitrogens with one attached hydrogen (secondary N) is 1. The highest BCUT2D eigenvalue weighted by Crippen LogP contribution is 2.28. The van der Waals surface area contributed by atoms with Crippen molar-refractivity contribution in [1.82, 2.24) is 9.88 Å². The Balaban J connectivity index is 1.47. The zero-order valence-electron chi connectivity index (χ0n) is 17.3. The molecule has 31 heavy (non-hydrogen) atoms. The van der Waals surface area contributed by atoms with Crippen LogP contribution >= 0.6 is 0 Å². The number of nitrogens with two attached hydrogens (primary N) is 1. The van der Waals surface area contributed by atoms with Gasteiger partial charge in [-0.3, -0.25) is 9.59 Å². The van der Waals surface area contributed by atoms with Crippen LogP contribution in [0, 0.1) is 12.7 Å². The Bertz CT molecular complexity index is 1200. The van der Waals surface area contributed by atoms with Crippen LogP contribution in [0.4, 0.5) is 10.2 Å². The molecule has 0 spiro atoms. The Hall–Kier alpha value is -3.52. The number of aryl methyl sites for hydroxylation is 2. The molecule has 0 saturated heterocycles. The number of anilines is 1. The van der Waals surface area contributed by atoms with E-state index >= 15 is 0 Å². The van der Waals surface area contributed by atoms with E-state index < -0.39 is 6.04 Å². The normalized spacial score (nSPS) is 16.3. The molecule has 2 aromatic heterocycles. The maximum atomic E-state index is 14.1. The van der Waals surface area contributed by atoms with Gasteiger partial charge in [0.25, 0.3) is 0 Å². The number of rotatable bonds is 4. The van der Waals surface area contributed by atoms with Gasteiger partial charge in [-0.2, -0.15) is 0 Å². The summed E-state index contributed by atoms with van der Waals surface area (Å²) in [6.45, 7) is 2.00. The van der Waals surface area contributed by atoms with E-state index in [0.29, 0.717) is 41.0 Å². The molecule has 3 N–H and O–H groups in total. The number of hydrogen-bond acceptors (Lipinski definition) is 5. The van der Waals surface area contributed by atoms with Crippen LogP contribution in [0.1, 0.15) is 28.9 Å². The van der Waals surface area contributed by atoms with Crippen molar-refractivity contribution in [2.45, 2.75) is 32.4 Å². The highest BCUT2D eigenvalue weighted by atomic mass is 19.1. The lowest BCUT2D eigenvalue weighted by atomic mass is 10.1. The summed E-state index contributed by atoms with van der Waals surface area (Å²) in [5, 5.41) is 3.16. The van der Waals surface area contributed by atoms with Crippen LogP contribution in [-0.4, -0.2) is 34.8 Å². The van der Waals surface area contributed by atoms with Crippen molar-refractivity contribution in [3.63, 3.8) is 0 Å². The summed E-state index contributed by atoms with van der Waals surface area (Å²) >= 11 is 0. The average molecular weight is 422 g/mol. The quantitative estimate of drug-likeness (QED) is 0.629. The minimum atomic E-state index is -0.557. The smallest absolute Gasteiger partial charge is 0.246 e. The molecule has 0 fully saturated rings. The average Bonchev–Trinajstić information content (AvgIpc) is 2.99. The van der Waals surface area contributed by atoms with Crippen molar-refractivity contribution in [3.8, 4) is 0 Å². The van der Waals surface area contributed by atoms with E-state index in [2.05, 4.69) is 10.3 Å². The second-order valence-electron chi connectivity index (χ2n) is 7.70. The van der Waals surface area contributed by atoms with Gasteiger partial charge in [0, 0.05) is 24.9 Å². The van der Waals surface area contributed by atoms with Gasteiger partial charge in [0.05, 0.1) is 18.0 Å². The van der Waals surface area contributed by atoms with Crippen molar-refractivity contribution in [2.24, 2.45) is 5.73 Å². The summed E-state index contributed by atoms with van der Waals surface area (Å²) in [4.78, 5) is 30.2. The number of benzene rings is 1. The van der Waals surface area contributed by atoms with E-state index in [9.17, 15) is 14.0 Å². The molecule has 7 nitrogen and oxygen atoms in total. The van der Waals surface area contributed by atoms with Crippen molar-refractivity contribution in [1.29, 1.82) is 0 Å². The Kier molecular flexibility index (Phi) is 5.56. The minimum Gasteiger partial charge on any atom is -0.459 e. The zero-order valence-corrected chi connectivity index (χ0v) is 17.3. The Morgan fingerprint density at radius 2 is 2.26 bits per heavy atom. The molecule has 2 amide bonds. The van der Waals surface area contributed by atoms with Crippen molar-refractivity contribution >= 4 is 34.7 Å². The van der Waals surface area contributed by atoms with Crippen molar-refractivity contribution in [3.05, 3.63) is 64.8 Å².